The van der Waals surface area contributed by atoms with E-state index >= 15 is 0 Å². The van der Waals surface area contributed by atoms with E-state index in [1.54, 1.807) is 37.4 Å². The number of nitrogens with one attached hydrogen (secondary N) is 2. The van der Waals surface area contributed by atoms with Crippen LogP contribution in [0.5, 0.6) is 5.75 Å². The fourth-order valence-electron chi connectivity index (χ4n) is 4.34. The lowest BCUT2D eigenvalue weighted by Gasteiger charge is -2.34. The van der Waals surface area contributed by atoms with Crippen LogP contribution in [-0.4, -0.2) is 48.5 Å². The minimum absolute atomic E-state index is 0.204. The van der Waals surface area contributed by atoms with Crippen molar-refractivity contribution in [3.05, 3.63) is 41.7 Å². The Morgan fingerprint density at radius 1 is 1.13 bits per heavy atom. The van der Waals surface area contributed by atoms with Gasteiger partial charge in [0.15, 0.2) is 0 Å². The van der Waals surface area contributed by atoms with Gasteiger partial charge in [-0.1, -0.05) is 19.3 Å². The average molecular weight is 433 g/mol. The SMILES string of the molecule is COc1ccc(S(=O)(=O)N2CCCC[C@H]2c2cc(C(=O)NC3CCCC3)n[nH]2)cc1. The van der Waals surface area contributed by atoms with Gasteiger partial charge in [0, 0.05) is 12.6 Å². The van der Waals surface area contributed by atoms with Crippen LogP contribution in [-0.2, 0) is 10.0 Å². The van der Waals surface area contributed by atoms with E-state index in [2.05, 4.69) is 15.5 Å². The van der Waals surface area contributed by atoms with E-state index in [4.69, 9.17) is 4.74 Å². The van der Waals surface area contributed by atoms with Crippen molar-refractivity contribution in [2.24, 2.45) is 0 Å². The van der Waals surface area contributed by atoms with Gasteiger partial charge in [0.2, 0.25) is 10.0 Å². The quantitative estimate of drug-likeness (QED) is 0.730. The number of aromatic amines is 1. The maximum atomic E-state index is 13.3. The van der Waals surface area contributed by atoms with Gasteiger partial charge in [0.05, 0.1) is 23.7 Å². The summed E-state index contributed by atoms with van der Waals surface area (Å²) in [4.78, 5) is 12.8. The second kappa shape index (κ2) is 8.77. The minimum atomic E-state index is -3.68. The highest BCUT2D eigenvalue weighted by molar-refractivity contribution is 7.89. The molecule has 2 aromatic rings. The molecule has 2 N–H and O–H groups in total. The fraction of sp³-hybridized carbons (Fsp3) is 0.524. The van der Waals surface area contributed by atoms with Crippen LogP contribution in [0.4, 0.5) is 0 Å². The topological polar surface area (TPSA) is 104 Å². The van der Waals surface area contributed by atoms with Crippen molar-refractivity contribution in [1.82, 2.24) is 19.8 Å². The van der Waals surface area contributed by atoms with E-state index in [0.717, 1.165) is 38.5 Å². The van der Waals surface area contributed by atoms with Crippen molar-refractivity contribution in [2.45, 2.75) is 61.9 Å². The number of amides is 1. The van der Waals surface area contributed by atoms with Crippen LogP contribution >= 0.6 is 0 Å². The molecule has 1 aromatic heterocycles. The molecular weight excluding hydrogens is 404 g/mol. The second-order valence-electron chi connectivity index (χ2n) is 7.97. The zero-order chi connectivity index (χ0) is 21.1. The molecule has 9 heteroatoms. The molecule has 0 spiro atoms. The maximum absolute atomic E-state index is 13.3. The zero-order valence-electron chi connectivity index (χ0n) is 17.1. The molecular formula is C21H28N4O4S. The first-order valence-electron chi connectivity index (χ1n) is 10.5. The minimum Gasteiger partial charge on any atom is -0.497 e. The molecule has 4 rings (SSSR count). The normalized spacial score (nSPS) is 20.9. The summed E-state index contributed by atoms with van der Waals surface area (Å²) in [5.41, 5.74) is 0.965. The molecule has 8 nitrogen and oxygen atoms in total. The van der Waals surface area contributed by atoms with Crippen molar-refractivity contribution >= 4 is 15.9 Å². The van der Waals surface area contributed by atoms with Crippen LogP contribution in [0.3, 0.4) is 0 Å². The van der Waals surface area contributed by atoms with Gasteiger partial charge in [-0.25, -0.2) is 8.42 Å². The monoisotopic (exact) mass is 432 g/mol. The van der Waals surface area contributed by atoms with E-state index in [1.807, 2.05) is 0 Å². The van der Waals surface area contributed by atoms with E-state index < -0.39 is 10.0 Å². The Morgan fingerprint density at radius 2 is 1.83 bits per heavy atom. The van der Waals surface area contributed by atoms with Crippen LogP contribution in [0.15, 0.2) is 35.2 Å². The Balaban J connectivity index is 1.54. The summed E-state index contributed by atoms with van der Waals surface area (Å²) in [6, 6.07) is 7.95. The van der Waals surface area contributed by atoms with E-state index in [1.165, 1.54) is 4.31 Å². The molecule has 2 heterocycles. The highest BCUT2D eigenvalue weighted by Crippen LogP contribution is 2.35. The van der Waals surface area contributed by atoms with Gasteiger partial charge < -0.3 is 10.1 Å². The van der Waals surface area contributed by atoms with Crippen molar-refractivity contribution in [3.63, 3.8) is 0 Å². The molecule has 2 fully saturated rings. The number of ether oxygens (including phenoxy) is 1. The molecule has 0 bridgehead atoms. The number of nitrogens with zero attached hydrogens (tertiary/aromatic N) is 2. The van der Waals surface area contributed by atoms with Crippen LogP contribution in [0.25, 0.3) is 0 Å². The van der Waals surface area contributed by atoms with Gasteiger partial charge in [-0.2, -0.15) is 9.40 Å². The smallest absolute Gasteiger partial charge is 0.271 e. The number of sulfonamides is 1. The Kier molecular flexibility index (Phi) is 6.10. The molecule has 1 saturated heterocycles. The predicted octanol–water partition coefficient (Wildman–Crippen LogP) is 3.01. The lowest BCUT2D eigenvalue weighted by Crippen LogP contribution is -2.38. The second-order valence-corrected chi connectivity index (χ2v) is 9.86. The third kappa shape index (κ3) is 4.22. The summed E-state index contributed by atoms with van der Waals surface area (Å²) in [5.74, 6) is 0.403. The Hall–Kier alpha value is -2.39. The number of aromatic nitrogens is 2. The van der Waals surface area contributed by atoms with Gasteiger partial charge in [-0.15, -0.1) is 0 Å². The standard InChI is InChI=1S/C21H28N4O4S/c1-29-16-9-11-17(12-10-16)30(27,28)25-13-5-4-8-20(25)18-14-19(24-23-18)21(26)22-15-6-2-3-7-15/h9-12,14-15,20H,2-8,13H2,1H3,(H,22,26)(H,23,24)/t20-/m0/s1. The van der Waals surface area contributed by atoms with E-state index in [-0.39, 0.29) is 22.9 Å². The van der Waals surface area contributed by atoms with Crippen molar-refractivity contribution in [1.29, 1.82) is 0 Å². The maximum Gasteiger partial charge on any atom is 0.271 e. The molecule has 1 aromatic carbocycles. The lowest BCUT2D eigenvalue weighted by molar-refractivity contribution is 0.0932. The number of benzene rings is 1. The summed E-state index contributed by atoms with van der Waals surface area (Å²) >= 11 is 0. The summed E-state index contributed by atoms with van der Waals surface area (Å²) in [5, 5.41) is 10.1. The van der Waals surface area contributed by atoms with Crippen LogP contribution in [0, 0.1) is 0 Å². The molecule has 1 atom stereocenters. The third-order valence-corrected chi connectivity index (χ3v) is 7.92. The molecule has 2 aliphatic rings. The van der Waals surface area contributed by atoms with Crippen molar-refractivity contribution < 1.29 is 17.9 Å². The van der Waals surface area contributed by atoms with Gasteiger partial charge >= 0.3 is 0 Å². The van der Waals surface area contributed by atoms with Gasteiger partial charge in [0.1, 0.15) is 11.4 Å². The molecule has 0 unspecified atom stereocenters. The first-order valence-corrected chi connectivity index (χ1v) is 11.9. The summed E-state index contributed by atoms with van der Waals surface area (Å²) in [6.45, 7) is 0.432. The number of piperidine rings is 1. The fourth-order valence-corrected chi connectivity index (χ4v) is 6.01. The molecule has 0 radical (unpaired) electrons. The molecule has 30 heavy (non-hydrogen) atoms. The van der Waals surface area contributed by atoms with Gasteiger partial charge in [-0.05, 0) is 56.0 Å². The molecule has 162 valence electrons. The Morgan fingerprint density at radius 3 is 2.53 bits per heavy atom. The van der Waals surface area contributed by atoms with Crippen LogP contribution in [0.1, 0.15) is 67.2 Å². The number of carbonyl (C=O) groups excluding carboxylic acids is 1. The molecule has 1 aliphatic heterocycles. The summed E-state index contributed by atoms with van der Waals surface area (Å²) < 4.78 is 33.3. The number of methoxy groups -OCH3 is 1. The number of H-pyrrole nitrogens is 1. The highest BCUT2D eigenvalue weighted by Gasteiger charge is 2.35. The van der Waals surface area contributed by atoms with Gasteiger partial charge in [-0.3, -0.25) is 9.89 Å². The van der Waals surface area contributed by atoms with Crippen molar-refractivity contribution in [3.8, 4) is 5.75 Å². The van der Waals surface area contributed by atoms with Crippen molar-refractivity contribution in [2.75, 3.05) is 13.7 Å². The summed E-state index contributed by atoms with van der Waals surface area (Å²) in [6.07, 6.45) is 6.67. The number of carbonyl (C=O) groups is 1. The van der Waals surface area contributed by atoms with Crippen LogP contribution < -0.4 is 10.1 Å². The predicted molar refractivity (Wildman–Crippen MR) is 112 cm³/mol. The Labute approximate surface area is 177 Å². The number of hydrogen-bond donors (Lipinski definition) is 2. The van der Waals surface area contributed by atoms with Crippen LogP contribution in [0.2, 0.25) is 0 Å². The molecule has 1 aliphatic carbocycles. The van der Waals surface area contributed by atoms with E-state index in [0.29, 0.717) is 30.1 Å². The number of rotatable bonds is 6. The Bertz CT molecular complexity index is 981. The third-order valence-electron chi connectivity index (χ3n) is 6.00. The zero-order valence-corrected chi connectivity index (χ0v) is 18.0. The molecule has 1 amide bonds. The van der Waals surface area contributed by atoms with Gasteiger partial charge in [0.25, 0.3) is 5.91 Å². The first-order chi connectivity index (χ1) is 14.5. The lowest BCUT2D eigenvalue weighted by atomic mass is 10.0. The van der Waals surface area contributed by atoms with E-state index in [9.17, 15) is 13.2 Å². The highest BCUT2D eigenvalue weighted by atomic mass is 32.2. The average Bonchev–Trinajstić information content (AvgIpc) is 3.46. The molecule has 1 saturated carbocycles. The summed E-state index contributed by atoms with van der Waals surface area (Å²) in [7, 11) is -2.14. The largest absolute Gasteiger partial charge is 0.497 e. The first kappa shape index (κ1) is 20.9. The number of hydrogen-bond acceptors (Lipinski definition) is 5.